The molecule has 0 aromatic carbocycles. The zero-order valence-electron chi connectivity index (χ0n) is 13.2. The van der Waals surface area contributed by atoms with Crippen LogP contribution < -0.4 is 16.0 Å². The first kappa shape index (κ1) is 15.4. The van der Waals surface area contributed by atoms with Crippen LogP contribution >= 0.6 is 0 Å². The van der Waals surface area contributed by atoms with Crippen LogP contribution in [0.1, 0.15) is 6.92 Å². The molecule has 1 amide bonds. The molecule has 0 bridgehead atoms. The number of nitrogen functional groups attached to an aromatic ring is 1. The van der Waals surface area contributed by atoms with Gasteiger partial charge in [0.2, 0.25) is 5.91 Å². The SMILES string of the molecule is CCNC(=O)CN1CCN(c2ncnc3nc(N)ccc23)CC1. The number of pyridine rings is 1. The van der Waals surface area contributed by atoms with E-state index in [1.165, 1.54) is 6.33 Å². The minimum absolute atomic E-state index is 0.0770. The van der Waals surface area contributed by atoms with Gasteiger partial charge < -0.3 is 16.0 Å². The van der Waals surface area contributed by atoms with Gasteiger partial charge >= 0.3 is 0 Å². The lowest BCUT2D eigenvalue weighted by atomic mass is 10.2. The highest BCUT2D eigenvalue weighted by Crippen LogP contribution is 2.23. The van der Waals surface area contributed by atoms with Crippen LogP contribution in [0.4, 0.5) is 11.6 Å². The molecule has 23 heavy (non-hydrogen) atoms. The molecule has 0 saturated carbocycles. The third kappa shape index (κ3) is 3.48. The van der Waals surface area contributed by atoms with Crippen molar-refractivity contribution in [3.8, 4) is 0 Å². The Morgan fingerprint density at radius 3 is 2.78 bits per heavy atom. The number of nitrogens with zero attached hydrogens (tertiary/aromatic N) is 5. The summed E-state index contributed by atoms with van der Waals surface area (Å²) in [6.07, 6.45) is 1.52. The van der Waals surface area contributed by atoms with Gasteiger partial charge in [0.25, 0.3) is 0 Å². The number of carbonyl (C=O) groups excluding carboxylic acids is 1. The van der Waals surface area contributed by atoms with Gasteiger partial charge in [-0.25, -0.2) is 15.0 Å². The molecule has 0 spiro atoms. The van der Waals surface area contributed by atoms with Crippen LogP contribution in [0.25, 0.3) is 11.0 Å². The van der Waals surface area contributed by atoms with E-state index in [1.807, 2.05) is 13.0 Å². The first-order valence-corrected chi connectivity index (χ1v) is 7.78. The standard InChI is InChI=1S/C15H21N7O/c1-2-17-13(23)9-21-5-7-22(8-6-21)15-11-3-4-12(16)20-14(11)18-10-19-15/h3-4,10H,2,5-9H2,1H3,(H,17,23)(H2,16,18,19,20). The van der Waals surface area contributed by atoms with Crippen molar-refractivity contribution in [1.29, 1.82) is 0 Å². The molecule has 0 unspecified atom stereocenters. The van der Waals surface area contributed by atoms with E-state index in [-0.39, 0.29) is 5.91 Å². The van der Waals surface area contributed by atoms with E-state index in [2.05, 4.69) is 30.1 Å². The lowest BCUT2D eigenvalue weighted by Crippen LogP contribution is -2.49. The minimum atomic E-state index is 0.0770. The first-order valence-electron chi connectivity index (χ1n) is 7.78. The van der Waals surface area contributed by atoms with Crippen molar-refractivity contribution in [2.45, 2.75) is 6.92 Å². The average Bonchev–Trinajstić information content (AvgIpc) is 2.55. The molecule has 8 nitrogen and oxygen atoms in total. The van der Waals surface area contributed by atoms with E-state index in [0.29, 0.717) is 24.6 Å². The van der Waals surface area contributed by atoms with Crippen molar-refractivity contribution >= 4 is 28.6 Å². The van der Waals surface area contributed by atoms with E-state index in [4.69, 9.17) is 5.73 Å². The summed E-state index contributed by atoms with van der Waals surface area (Å²) in [5.41, 5.74) is 6.32. The third-order valence-electron chi connectivity index (χ3n) is 3.91. The van der Waals surface area contributed by atoms with Crippen molar-refractivity contribution in [3.05, 3.63) is 18.5 Å². The Morgan fingerprint density at radius 1 is 1.26 bits per heavy atom. The van der Waals surface area contributed by atoms with Gasteiger partial charge in [0.15, 0.2) is 5.65 Å². The second-order valence-electron chi connectivity index (χ2n) is 5.52. The fourth-order valence-electron chi connectivity index (χ4n) is 2.77. The summed E-state index contributed by atoms with van der Waals surface area (Å²) >= 11 is 0. The maximum Gasteiger partial charge on any atom is 0.234 e. The fourth-order valence-corrected chi connectivity index (χ4v) is 2.77. The molecular formula is C15H21N7O. The Balaban J connectivity index is 1.69. The highest BCUT2D eigenvalue weighted by molar-refractivity contribution is 5.87. The van der Waals surface area contributed by atoms with Crippen LogP contribution in [0.15, 0.2) is 18.5 Å². The Kier molecular flexibility index (Phi) is 4.52. The normalized spacial score (nSPS) is 15.8. The number of piperazine rings is 1. The Bertz CT molecular complexity index is 697. The Labute approximate surface area is 134 Å². The molecule has 122 valence electrons. The molecule has 2 aromatic heterocycles. The molecule has 3 rings (SSSR count). The number of hydrogen-bond acceptors (Lipinski definition) is 7. The first-order chi connectivity index (χ1) is 11.2. The molecule has 8 heteroatoms. The molecule has 3 N–H and O–H groups in total. The zero-order valence-corrected chi connectivity index (χ0v) is 13.2. The number of aromatic nitrogens is 3. The second kappa shape index (κ2) is 6.74. The smallest absolute Gasteiger partial charge is 0.234 e. The summed E-state index contributed by atoms with van der Waals surface area (Å²) in [5, 5.41) is 3.73. The monoisotopic (exact) mass is 315 g/mol. The van der Waals surface area contributed by atoms with E-state index in [9.17, 15) is 4.79 Å². The lowest BCUT2D eigenvalue weighted by Gasteiger charge is -2.35. The van der Waals surface area contributed by atoms with E-state index >= 15 is 0 Å². The Hall–Kier alpha value is -2.48. The Morgan fingerprint density at radius 2 is 2.04 bits per heavy atom. The fraction of sp³-hybridized carbons (Fsp3) is 0.467. The maximum atomic E-state index is 11.7. The quantitative estimate of drug-likeness (QED) is 0.810. The predicted molar refractivity (Wildman–Crippen MR) is 89.1 cm³/mol. The number of anilines is 2. The van der Waals surface area contributed by atoms with Crippen LogP contribution in [0.3, 0.4) is 0 Å². The molecule has 1 saturated heterocycles. The second-order valence-corrected chi connectivity index (χ2v) is 5.52. The van der Waals surface area contributed by atoms with Crippen LogP contribution in [-0.4, -0.2) is 65.0 Å². The third-order valence-corrected chi connectivity index (χ3v) is 3.91. The average molecular weight is 315 g/mol. The highest BCUT2D eigenvalue weighted by atomic mass is 16.2. The van der Waals surface area contributed by atoms with Gasteiger partial charge in [0, 0.05) is 32.7 Å². The van der Waals surface area contributed by atoms with E-state index < -0.39 is 0 Å². The summed E-state index contributed by atoms with van der Waals surface area (Å²) < 4.78 is 0. The molecule has 0 aliphatic carbocycles. The van der Waals surface area contributed by atoms with Gasteiger partial charge in [0.05, 0.1) is 11.9 Å². The van der Waals surface area contributed by atoms with Gasteiger partial charge in [-0.3, -0.25) is 9.69 Å². The largest absolute Gasteiger partial charge is 0.384 e. The van der Waals surface area contributed by atoms with Gasteiger partial charge in [-0.05, 0) is 19.1 Å². The number of likely N-dealkylation sites (N-methyl/N-ethyl adjacent to an activating group) is 1. The van der Waals surface area contributed by atoms with Crippen molar-refractivity contribution in [1.82, 2.24) is 25.2 Å². The van der Waals surface area contributed by atoms with Crippen molar-refractivity contribution in [2.75, 3.05) is 49.9 Å². The summed E-state index contributed by atoms with van der Waals surface area (Å²) in [7, 11) is 0. The highest BCUT2D eigenvalue weighted by Gasteiger charge is 2.21. The maximum absolute atomic E-state index is 11.7. The summed E-state index contributed by atoms with van der Waals surface area (Å²) in [6, 6.07) is 3.68. The van der Waals surface area contributed by atoms with Gasteiger partial charge in [0.1, 0.15) is 18.0 Å². The molecule has 0 radical (unpaired) electrons. The topological polar surface area (TPSA) is 100 Å². The van der Waals surface area contributed by atoms with Crippen LogP contribution in [0.5, 0.6) is 0 Å². The van der Waals surface area contributed by atoms with Crippen LogP contribution in [-0.2, 0) is 4.79 Å². The van der Waals surface area contributed by atoms with Crippen LogP contribution in [0, 0.1) is 0 Å². The number of fused-ring (bicyclic) bond motifs is 1. The molecule has 3 heterocycles. The van der Waals surface area contributed by atoms with Crippen molar-refractivity contribution < 1.29 is 4.79 Å². The van der Waals surface area contributed by atoms with Crippen molar-refractivity contribution in [2.24, 2.45) is 0 Å². The number of rotatable bonds is 4. The summed E-state index contributed by atoms with van der Waals surface area (Å²) in [4.78, 5) is 28.9. The number of nitrogens with one attached hydrogen (secondary N) is 1. The number of amides is 1. The lowest BCUT2D eigenvalue weighted by molar-refractivity contribution is -0.122. The minimum Gasteiger partial charge on any atom is -0.384 e. The van der Waals surface area contributed by atoms with Crippen molar-refractivity contribution in [3.63, 3.8) is 0 Å². The number of nitrogens with two attached hydrogens (primary N) is 1. The predicted octanol–water partition coefficient (Wildman–Crippen LogP) is -0.135. The van der Waals surface area contributed by atoms with E-state index in [0.717, 1.165) is 37.4 Å². The van der Waals surface area contributed by atoms with Gasteiger partial charge in [-0.1, -0.05) is 0 Å². The van der Waals surface area contributed by atoms with Gasteiger partial charge in [-0.15, -0.1) is 0 Å². The molecule has 1 aliphatic rings. The molecule has 1 fully saturated rings. The van der Waals surface area contributed by atoms with Gasteiger partial charge in [-0.2, -0.15) is 0 Å². The molecular weight excluding hydrogens is 294 g/mol. The van der Waals surface area contributed by atoms with Crippen LogP contribution in [0.2, 0.25) is 0 Å². The molecule has 2 aromatic rings. The number of carbonyl (C=O) groups is 1. The van der Waals surface area contributed by atoms with E-state index in [1.54, 1.807) is 6.07 Å². The zero-order chi connectivity index (χ0) is 16.2. The molecule has 1 aliphatic heterocycles. The molecule has 0 atom stereocenters. The number of hydrogen-bond donors (Lipinski definition) is 2. The summed E-state index contributed by atoms with van der Waals surface area (Å²) in [5.74, 6) is 1.40. The summed E-state index contributed by atoms with van der Waals surface area (Å²) in [6.45, 7) is 6.32.